The number of allylic oxidation sites excluding steroid dienone is 3. The Morgan fingerprint density at radius 1 is 0.543 bits per heavy atom. The second-order valence-electron chi connectivity index (χ2n) is 13.3. The molecule has 2 aliphatic heterocycles. The number of para-hydroxylation sites is 3. The number of hydrogen-bond acceptors (Lipinski definition) is 1. The fourth-order valence-corrected chi connectivity index (χ4v) is 8.88. The van der Waals surface area contributed by atoms with E-state index >= 15 is 0 Å². The minimum atomic E-state index is -0.263. The smallest absolute Gasteiger partial charge is 0.248 e. The summed E-state index contributed by atoms with van der Waals surface area (Å²) < 4.78 is 2.54. The number of fused-ring (bicyclic) bond motifs is 7. The van der Waals surface area contributed by atoms with Crippen molar-refractivity contribution in [3.63, 3.8) is 0 Å². The topological polar surface area (TPSA) is 8.17 Å². The minimum absolute atomic E-state index is 0.108. The molecule has 216 valence electrons. The summed E-state index contributed by atoms with van der Waals surface area (Å²) in [5.74, 6) is 0. The van der Waals surface area contributed by atoms with E-state index in [1.54, 1.807) is 0 Å². The molecule has 0 spiro atoms. The lowest BCUT2D eigenvalue weighted by Gasteiger charge is -2.43. The van der Waals surface area contributed by atoms with Crippen molar-refractivity contribution in [3.8, 4) is 5.69 Å². The number of anilines is 2. The molecule has 0 amide bonds. The van der Waals surface area contributed by atoms with Gasteiger partial charge in [0, 0.05) is 44.5 Å². The summed E-state index contributed by atoms with van der Waals surface area (Å²) in [5.41, 5.74) is 16.9. The molecule has 10 rings (SSSR count). The van der Waals surface area contributed by atoms with Gasteiger partial charge < -0.3 is 9.47 Å². The van der Waals surface area contributed by atoms with Crippen LogP contribution in [0.2, 0.25) is 0 Å². The van der Waals surface area contributed by atoms with Crippen molar-refractivity contribution in [2.45, 2.75) is 13.8 Å². The first-order valence-electron chi connectivity index (χ1n) is 16.3. The van der Waals surface area contributed by atoms with Crippen molar-refractivity contribution in [2.24, 2.45) is 5.41 Å². The van der Waals surface area contributed by atoms with E-state index in [0.29, 0.717) is 0 Å². The molecule has 0 atom stereocenters. The third kappa shape index (κ3) is 3.22. The molecular weight excluding hydrogens is 555 g/mol. The summed E-state index contributed by atoms with van der Waals surface area (Å²) in [6.07, 6.45) is 0. The van der Waals surface area contributed by atoms with Crippen LogP contribution in [-0.2, 0) is 0 Å². The second-order valence-corrected chi connectivity index (χ2v) is 13.3. The van der Waals surface area contributed by atoms with Gasteiger partial charge in [0.1, 0.15) is 0 Å². The summed E-state index contributed by atoms with van der Waals surface area (Å²) in [6.45, 7) is 5.03. The van der Waals surface area contributed by atoms with Crippen LogP contribution in [0, 0.1) is 5.41 Å². The highest BCUT2D eigenvalue weighted by Gasteiger charge is 2.53. The Hall–Kier alpha value is -5.54. The Kier molecular flexibility index (Phi) is 5.18. The predicted octanol–water partition coefficient (Wildman–Crippen LogP) is 9.30. The van der Waals surface area contributed by atoms with Gasteiger partial charge in [-0.2, -0.15) is 0 Å². The van der Waals surface area contributed by atoms with E-state index in [1.165, 1.54) is 83.2 Å². The fraction of sp³-hybridized carbons (Fsp3) is 0.0698. The lowest BCUT2D eigenvalue weighted by Crippen LogP contribution is -2.56. The van der Waals surface area contributed by atoms with Crippen LogP contribution in [0.25, 0.3) is 38.6 Å². The summed E-state index contributed by atoms with van der Waals surface area (Å²) >= 11 is 0. The number of nitrogens with zero attached hydrogens (tertiary/aromatic N) is 2. The highest BCUT2D eigenvalue weighted by Crippen LogP contribution is 2.60. The predicted molar refractivity (Wildman–Crippen MR) is 195 cm³/mol. The number of rotatable bonds is 3. The lowest BCUT2D eigenvalue weighted by atomic mass is 9.30. The summed E-state index contributed by atoms with van der Waals surface area (Å²) in [6, 6.07) is 55.9. The molecule has 1 aliphatic carbocycles. The van der Waals surface area contributed by atoms with Gasteiger partial charge in [0.2, 0.25) is 6.71 Å². The Balaban J connectivity index is 1.41. The monoisotopic (exact) mass is 586 g/mol. The SMILES string of the molecule is CC1(C)C2=C(C(c3ccccc3)=C1c1ccccc1)N(c1ccccc1)c1ccc3c4ccccc4n4c3c1B2c1ccccc1-4. The van der Waals surface area contributed by atoms with E-state index in [9.17, 15) is 0 Å². The van der Waals surface area contributed by atoms with Crippen LogP contribution in [0.3, 0.4) is 0 Å². The van der Waals surface area contributed by atoms with E-state index in [1.807, 2.05) is 0 Å². The molecule has 3 aliphatic rings. The molecule has 6 aromatic carbocycles. The van der Waals surface area contributed by atoms with Gasteiger partial charge in [-0.25, -0.2) is 0 Å². The fourth-order valence-electron chi connectivity index (χ4n) is 8.88. The third-order valence-corrected chi connectivity index (χ3v) is 10.6. The van der Waals surface area contributed by atoms with Crippen LogP contribution in [0.5, 0.6) is 0 Å². The van der Waals surface area contributed by atoms with Gasteiger partial charge >= 0.3 is 0 Å². The summed E-state index contributed by atoms with van der Waals surface area (Å²) in [7, 11) is 0. The summed E-state index contributed by atoms with van der Waals surface area (Å²) in [5, 5.41) is 2.63. The van der Waals surface area contributed by atoms with E-state index in [-0.39, 0.29) is 12.1 Å². The highest BCUT2D eigenvalue weighted by atomic mass is 15.2. The maximum Gasteiger partial charge on any atom is 0.248 e. The van der Waals surface area contributed by atoms with Crippen LogP contribution in [0.1, 0.15) is 25.0 Å². The van der Waals surface area contributed by atoms with Gasteiger partial charge in [0.15, 0.2) is 0 Å². The maximum absolute atomic E-state index is 2.58. The van der Waals surface area contributed by atoms with Gasteiger partial charge in [-0.1, -0.05) is 141 Å². The van der Waals surface area contributed by atoms with Crippen molar-refractivity contribution in [2.75, 3.05) is 4.90 Å². The van der Waals surface area contributed by atoms with Crippen molar-refractivity contribution >= 4 is 62.0 Å². The average molecular weight is 587 g/mol. The van der Waals surface area contributed by atoms with Crippen LogP contribution in [0.4, 0.5) is 11.4 Å². The zero-order chi connectivity index (χ0) is 30.6. The van der Waals surface area contributed by atoms with E-state index < -0.39 is 0 Å². The van der Waals surface area contributed by atoms with E-state index in [2.05, 4.69) is 175 Å². The molecule has 46 heavy (non-hydrogen) atoms. The zero-order valence-corrected chi connectivity index (χ0v) is 25.9. The van der Waals surface area contributed by atoms with Gasteiger partial charge in [-0.05, 0) is 58.0 Å². The first-order valence-corrected chi connectivity index (χ1v) is 16.3. The standard InChI is InChI=1S/C43H31BN2/c1-43(2)38(29-18-8-4-9-19-29)37(28-16-6-3-7-17-28)41-42(43)44-33-23-13-15-25-35(33)46-34-24-14-12-22-31(34)32-26-27-36(39(44)40(32)46)45(41)30-20-10-5-11-21-30/h3-27H,1-2H3. The molecule has 0 bridgehead atoms. The molecule has 0 saturated heterocycles. The van der Waals surface area contributed by atoms with Crippen LogP contribution in [-0.4, -0.2) is 11.3 Å². The first kappa shape index (κ1) is 25.8. The van der Waals surface area contributed by atoms with Crippen molar-refractivity contribution in [1.29, 1.82) is 0 Å². The molecule has 0 fully saturated rings. The molecule has 3 heterocycles. The lowest BCUT2D eigenvalue weighted by molar-refractivity contribution is 0.637. The first-order chi connectivity index (χ1) is 22.6. The number of aromatic nitrogens is 1. The number of hydrogen-bond donors (Lipinski definition) is 0. The Bertz CT molecular complexity index is 2430. The van der Waals surface area contributed by atoms with Crippen molar-refractivity contribution in [3.05, 3.63) is 174 Å². The Labute approximate surface area is 269 Å². The average Bonchev–Trinajstić information content (AvgIpc) is 3.58. The largest absolute Gasteiger partial charge is 0.311 e. The third-order valence-electron chi connectivity index (χ3n) is 10.6. The van der Waals surface area contributed by atoms with E-state index in [0.717, 1.165) is 0 Å². The molecule has 2 nitrogen and oxygen atoms in total. The number of benzene rings is 6. The van der Waals surface area contributed by atoms with Crippen LogP contribution < -0.4 is 15.8 Å². The van der Waals surface area contributed by atoms with Crippen molar-refractivity contribution < 1.29 is 0 Å². The van der Waals surface area contributed by atoms with Crippen LogP contribution in [0.15, 0.2) is 163 Å². The van der Waals surface area contributed by atoms with Gasteiger partial charge in [0.05, 0.1) is 11.0 Å². The maximum atomic E-state index is 2.58. The molecule has 0 unspecified atom stereocenters. The molecule has 3 heteroatoms. The zero-order valence-electron chi connectivity index (χ0n) is 25.9. The molecule has 1 aromatic heterocycles. The molecule has 0 saturated carbocycles. The Morgan fingerprint density at radius 3 is 1.93 bits per heavy atom. The molecule has 0 radical (unpaired) electrons. The van der Waals surface area contributed by atoms with E-state index in [4.69, 9.17) is 0 Å². The van der Waals surface area contributed by atoms with Crippen LogP contribution >= 0.6 is 0 Å². The van der Waals surface area contributed by atoms with Gasteiger partial charge in [-0.15, -0.1) is 0 Å². The Morgan fingerprint density at radius 2 is 1.17 bits per heavy atom. The molecular formula is C43H31BN2. The quantitative estimate of drug-likeness (QED) is 0.187. The second kappa shape index (κ2) is 9.25. The summed E-state index contributed by atoms with van der Waals surface area (Å²) in [4.78, 5) is 2.58. The normalized spacial score (nSPS) is 16.0. The minimum Gasteiger partial charge on any atom is -0.311 e. The molecule has 0 N–H and O–H groups in total. The van der Waals surface area contributed by atoms with Crippen molar-refractivity contribution in [1.82, 2.24) is 4.57 Å². The highest BCUT2D eigenvalue weighted by molar-refractivity contribution is 6.96. The van der Waals surface area contributed by atoms with Gasteiger partial charge in [0.25, 0.3) is 0 Å². The molecule has 7 aromatic rings. The van der Waals surface area contributed by atoms with Gasteiger partial charge in [-0.3, -0.25) is 0 Å².